The molecule has 0 bridgehead atoms. The Bertz CT molecular complexity index is 295. The van der Waals surface area contributed by atoms with E-state index in [0.717, 1.165) is 12.8 Å². The Balaban J connectivity index is 2.94. The van der Waals surface area contributed by atoms with E-state index in [-0.39, 0.29) is 23.0 Å². The lowest BCUT2D eigenvalue weighted by Crippen LogP contribution is -2.64. The predicted molar refractivity (Wildman–Crippen MR) is 73.1 cm³/mol. The number of carbonyl (C=O) groups excluding carboxylic acids is 1. The van der Waals surface area contributed by atoms with Crippen LogP contribution in [0.3, 0.4) is 0 Å². The van der Waals surface area contributed by atoms with Gasteiger partial charge in [-0.25, -0.2) is 0 Å². The lowest BCUT2D eigenvalue weighted by atomic mass is 9.78. The van der Waals surface area contributed by atoms with Gasteiger partial charge in [-0.1, -0.05) is 0 Å². The van der Waals surface area contributed by atoms with Gasteiger partial charge < -0.3 is 4.90 Å². The minimum atomic E-state index is -0.0634. The number of hydrogen-bond acceptors (Lipinski definition) is 3. The minimum Gasteiger partial charge on any atom is -0.343 e. The average Bonchev–Trinajstić information content (AvgIpc) is 2.21. The summed E-state index contributed by atoms with van der Waals surface area (Å²) < 4.78 is 0. The van der Waals surface area contributed by atoms with Crippen molar-refractivity contribution in [2.75, 3.05) is 13.7 Å². The van der Waals surface area contributed by atoms with Gasteiger partial charge in [0.05, 0.1) is 6.61 Å². The first-order chi connectivity index (χ1) is 8.12. The first kappa shape index (κ1) is 15.4. The molecule has 1 saturated heterocycles. The fraction of sp³-hybridized carbons (Fsp3) is 0.929. The molecule has 1 amide bonds. The van der Waals surface area contributed by atoms with Crippen molar-refractivity contribution in [1.29, 1.82) is 0 Å². The minimum absolute atomic E-state index is 0.0634. The molecule has 0 aromatic rings. The number of carbonyl (C=O) groups is 1. The maximum absolute atomic E-state index is 11.6. The number of amides is 1. The summed E-state index contributed by atoms with van der Waals surface area (Å²) in [7, 11) is 1.90. The van der Waals surface area contributed by atoms with E-state index in [4.69, 9.17) is 4.84 Å². The molecule has 1 aliphatic rings. The highest BCUT2D eigenvalue weighted by Crippen LogP contribution is 2.40. The lowest BCUT2D eigenvalue weighted by Gasteiger charge is -2.55. The molecule has 0 radical (unpaired) electrons. The first-order valence-corrected chi connectivity index (χ1v) is 6.78. The Morgan fingerprint density at radius 3 is 2.06 bits per heavy atom. The molecular formula is C14H28N2O2. The van der Waals surface area contributed by atoms with Crippen LogP contribution in [0.2, 0.25) is 0 Å². The molecule has 0 atom stereocenters. The quantitative estimate of drug-likeness (QED) is 0.777. The summed E-state index contributed by atoms with van der Waals surface area (Å²) in [6.45, 7) is 13.1. The molecule has 0 aromatic carbocycles. The second kappa shape index (κ2) is 5.17. The van der Waals surface area contributed by atoms with E-state index >= 15 is 0 Å². The number of rotatable bonds is 3. The van der Waals surface area contributed by atoms with E-state index in [1.54, 1.807) is 6.92 Å². The number of piperidine rings is 1. The zero-order valence-corrected chi connectivity index (χ0v) is 12.9. The molecule has 1 heterocycles. The number of hydroxylamine groups is 2. The Kier molecular flexibility index (Phi) is 4.44. The molecule has 1 fully saturated rings. The highest BCUT2D eigenvalue weighted by molar-refractivity contribution is 5.73. The number of hydrogen-bond donors (Lipinski definition) is 0. The van der Waals surface area contributed by atoms with Crippen LogP contribution in [0.4, 0.5) is 0 Å². The van der Waals surface area contributed by atoms with Crippen LogP contribution in [-0.4, -0.2) is 46.6 Å². The molecule has 4 nitrogen and oxygen atoms in total. The van der Waals surface area contributed by atoms with Crippen LogP contribution in [0, 0.1) is 0 Å². The summed E-state index contributed by atoms with van der Waals surface area (Å²) in [5.41, 5.74) is -0.127. The molecule has 0 spiro atoms. The SMILES string of the molecule is CCON1C(C)(C)CC(N(C)C(C)=O)CC1(C)C. The van der Waals surface area contributed by atoms with Gasteiger partial charge in [-0.05, 0) is 47.5 Å². The second-order valence-electron chi connectivity index (χ2n) is 6.53. The van der Waals surface area contributed by atoms with Crippen LogP contribution < -0.4 is 0 Å². The van der Waals surface area contributed by atoms with E-state index in [2.05, 4.69) is 32.8 Å². The third-order valence-corrected chi connectivity index (χ3v) is 3.87. The highest BCUT2D eigenvalue weighted by Gasteiger charge is 2.47. The van der Waals surface area contributed by atoms with E-state index in [0.29, 0.717) is 6.61 Å². The van der Waals surface area contributed by atoms with Crippen molar-refractivity contribution in [1.82, 2.24) is 9.96 Å². The van der Waals surface area contributed by atoms with Gasteiger partial charge in [0.15, 0.2) is 0 Å². The highest BCUT2D eigenvalue weighted by atomic mass is 16.7. The summed E-state index contributed by atoms with van der Waals surface area (Å²) in [6.07, 6.45) is 1.87. The molecule has 18 heavy (non-hydrogen) atoms. The standard InChI is InChI=1S/C14H28N2O2/c1-8-18-16-13(3,4)9-12(10-14(16,5)6)15(7)11(2)17/h12H,8-10H2,1-7H3. The van der Waals surface area contributed by atoms with Crippen LogP contribution in [0.25, 0.3) is 0 Å². The predicted octanol–water partition coefficient (Wildman–Crippen LogP) is 2.44. The van der Waals surface area contributed by atoms with Gasteiger partial charge in [0.25, 0.3) is 0 Å². The van der Waals surface area contributed by atoms with Gasteiger partial charge in [0, 0.05) is 31.1 Å². The van der Waals surface area contributed by atoms with E-state index < -0.39 is 0 Å². The lowest BCUT2D eigenvalue weighted by molar-refractivity contribution is -0.284. The topological polar surface area (TPSA) is 32.8 Å². The third kappa shape index (κ3) is 3.04. The van der Waals surface area contributed by atoms with Crippen molar-refractivity contribution in [3.63, 3.8) is 0 Å². The van der Waals surface area contributed by atoms with Crippen molar-refractivity contribution >= 4 is 5.91 Å². The van der Waals surface area contributed by atoms with Crippen molar-refractivity contribution in [3.8, 4) is 0 Å². The Labute approximate surface area is 111 Å². The summed E-state index contributed by atoms with van der Waals surface area (Å²) >= 11 is 0. The van der Waals surface area contributed by atoms with Crippen LogP contribution in [0.5, 0.6) is 0 Å². The Morgan fingerprint density at radius 2 is 1.72 bits per heavy atom. The number of nitrogens with zero attached hydrogens (tertiary/aromatic N) is 2. The fourth-order valence-electron chi connectivity index (χ4n) is 3.22. The van der Waals surface area contributed by atoms with Gasteiger partial charge in [-0.15, -0.1) is 0 Å². The molecule has 106 valence electrons. The Hall–Kier alpha value is -0.610. The maximum atomic E-state index is 11.6. The monoisotopic (exact) mass is 256 g/mol. The van der Waals surface area contributed by atoms with Gasteiger partial charge in [0.1, 0.15) is 0 Å². The molecule has 0 aliphatic carbocycles. The smallest absolute Gasteiger partial charge is 0.219 e. The molecule has 4 heteroatoms. The normalized spacial score (nSPS) is 23.9. The van der Waals surface area contributed by atoms with Crippen molar-refractivity contribution < 1.29 is 9.63 Å². The van der Waals surface area contributed by atoms with Gasteiger partial charge in [0.2, 0.25) is 5.91 Å². The van der Waals surface area contributed by atoms with Gasteiger partial charge >= 0.3 is 0 Å². The average molecular weight is 256 g/mol. The fourth-order valence-corrected chi connectivity index (χ4v) is 3.22. The molecule has 1 aliphatic heterocycles. The van der Waals surface area contributed by atoms with Crippen LogP contribution in [0.1, 0.15) is 54.4 Å². The summed E-state index contributed by atoms with van der Waals surface area (Å²) in [4.78, 5) is 19.3. The summed E-state index contributed by atoms with van der Waals surface area (Å²) in [5.74, 6) is 0.136. The molecule has 0 unspecified atom stereocenters. The van der Waals surface area contributed by atoms with Crippen LogP contribution in [0.15, 0.2) is 0 Å². The van der Waals surface area contributed by atoms with E-state index in [1.165, 1.54) is 0 Å². The third-order valence-electron chi connectivity index (χ3n) is 3.87. The molecule has 0 aromatic heterocycles. The van der Waals surface area contributed by atoms with Gasteiger partial charge in [-0.2, -0.15) is 5.06 Å². The van der Waals surface area contributed by atoms with Crippen molar-refractivity contribution in [3.05, 3.63) is 0 Å². The molecule has 0 N–H and O–H groups in total. The summed E-state index contributed by atoms with van der Waals surface area (Å²) in [5, 5.41) is 2.12. The molecule has 1 rings (SSSR count). The zero-order chi connectivity index (χ0) is 14.1. The molecule has 0 saturated carbocycles. The van der Waals surface area contributed by atoms with E-state index in [9.17, 15) is 4.79 Å². The van der Waals surface area contributed by atoms with Crippen LogP contribution in [-0.2, 0) is 9.63 Å². The summed E-state index contributed by atoms with van der Waals surface area (Å²) in [6, 6.07) is 0.282. The molecular weight excluding hydrogens is 228 g/mol. The Morgan fingerprint density at radius 1 is 1.28 bits per heavy atom. The van der Waals surface area contributed by atoms with E-state index in [1.807, 2.05) is 18.9 Å². The maximum Gasteiger partial charge on any atom is 0.219 e. The van der Waals surface area contributed by atoms with Crippen molar-refractivity contribution in [2.24, 2.45) is 0 Å². The first-order valence-electron chi connectivity index (χ1n) is 6.78. The van der Waals surface area contributed by atoms with Crippen molar-refractivity contribution in [2.45, 2.75) is 71.5 Å². The largest absolute Gasteiger partial charge is 0.343 e. The zero-order valence-electron chi connectivity index (χ0n) is 12.9. The van der Waals surface area contributed by atoms with Gasteiger partial charge in [-0.3, -0.25) is 9.63 Å². The second-order valence-corrected chi connectivity index (χ2v) is 6.53. The van der Waals surface area contributed by atoms with Crippen LogP contribution >= 0.6 is 0 Å².